The van der Waals surface area contributed by atoms with Gasteiger partial charge in [0, 0.05) is 13.0 Å². The van der Waals surface area contributed by atoms with E-state index in [-0.39, 0.29) is 18.8 Å². The Bertz CT molecular complexity index is 800. The minimum atomic E-state index is -1.34. The van der Waals surface area contributed by atoms with Gasteiger partial charge in [0.25, 0.3) is 0 Å². The van der Waals surface area contributed by atoms with Gasteiger partial charge in [0.2, 0.25) is 18.1 Å². The third-order valence-corrected chi connectivity index (χ3v) is 4.41. The van der Waals surface area contributed by atoms with Crippen LogP contribution in [0.1, 0.15) is 24.8 Å². The van der Waals surface area contributed by atoms with Crippen LogP contribution in [-0.4, -0.2) is 66.9 Å². The molecule has 3 atom stereocenters. The van der Waals surface area contributed by atoms with Crippen molar-refractivity contribution in [2.24, 2.45) is 11.5 Å². The molecule has 12 heteroatoms. The van der Waals surface area contributed by atoms with Gasteiger partial charge in [-0.2, -0.15) is 0 Å². The number of guanidine groups is 1. The van der Waals surface area contributed by atoms with Crippen molar-refractivity contribution >= 4 is 30.0 Å². The summed E-state index contributed by atoms with van der Waals surface area (Å²) in [6, 6.07) is 3.39. The van der Waals surface area contributed by atoms with E-state index in [2.05, 4.69) is 16.0 Å². The third-order valence-electron chi connectivity index (χ3n) is 4.41. The maximum atomic E-state index is 12.8. The normalized spacial score (nSPS) is 13.2. The van der Waals surface area contributed by atoms with Crippen LogP contribution in [0.3, 0.4) is 0 Å². The fourth-order valence-electron chi connectivity index (χ4n) is 2.73. The van der Waals surface area contributed by atoms with Crippen LogP contribution < -0.4 is 32.2 Å². The van der Waals surface area contributed by atoms with Gasteiger partial charge in [-0.3, -0.25) is 24.6 Å². The molecule has 0 fully saturated rings. The summed E-state index contributed by atoms with van der Waals surface area (Å²) >= 11 is 0. The number of hydrogen-bond acceptors (Lipinski definition) is 7. The molecule has 0 spiro atoms. The SMILES string of the molecule is COc1ccc(C[C@H](NC(=O)[C@@H](N)CC(=O)O)C(=O)N[C@H]([C]=O)CCCNC(=N)N)cc1. The first-order chi connectivity index (χ1) is 15.2. The van der Waals surface area contributed by atoms with E-state index in [9.17, 15) is 19.2 Å². The van der Waals surface area contributed by atoms with Gasteiger partial charge in [0.15, 0.2) is 5.96 Å². The molecule has 1 aromatic carbocycles. The Morgan fingerprint density at radius 3 is 2.38 bits per heavy atom. The lowest BCUT2D eigenvalue weighted by Gasteiger charge is -2.22. The zero-order chi connectivity index (χ0) is 24.1. The lowest BCUT2D eigenvalue weighted by atomic mass is 10.0. The van der Waals surface area contributed by atoms with Gasteiger partial charge in [-0.1, -0.05) is 12.1 Å². The van der Waals surface area contributed by atoms with Gasteiger partial charge < -0.3 is 37.3 Å². The number of hydrogen-bond donors (Lipinski definition) is 7. The summed E-state index contributed by atoms with van der Waals surface area (Å²) in [7, 11) is 1.51. The predicted molar refractivity (Wildman–Crippen MR) is 116 cm³/mol. The van der Waals surface area contributed by atoms with Crippen molar-refractivity contribution in [2.75, 3.05) is 13.7 Å². The molecular formula is C20H29N6O6. The fourth-order valence-corrected chi connectivity index (χ4v) is 2.73. The van der Waals surface area contributed by atoms with Crippen LogP contribution >= 0.6 is 0 Å². The summed E-state index contributed by atoms with van der Waals surface area (Å²) < 4.78 is 5.09. The summed E-state index contributed by atoms with van der Waals surface area (Å²) in [6.45, 7) is 0.333. The van der Waals surface area contributed by atoms with E-state index in [4.69, 9.17) is 26.7 Å². The van der Waals surface area contributed by atoms with Crippen molar-refractivity contribution in [1.29, 1.82) is 5.41 Å². The van der Waals surface area contributed by atoms with Crippen LogP contribution in [0.5, 0.6) is 5.75 Å². The molecule has 32 heavy (non-hydrogen) atoms. The number of rotatable bonds is 14. The van der Waals surface area contributed by atoms with Crippen LogP contribution in [-0.2, 0) is 25.6 Å². The third kappa shape index (κ3) is 9.89. The van der Waals surface area contributed by atoms with Crippen LogP contribution in [0.15, 0.2) is 24.3 Å². The fraction of sp³-hybridized carbons (Fsp3) is 0.450. The van der Waals surface area contributed by atoms with Gasteiger partial charge in [-0.05, 0) is 30.5 Å². The molecule has 1 rings (SSSR count). The number of aliphatic carboxylic acids is 1. The van der Waals surface area contributed by atoms with Gasteiger partial charge in [-0.15, -0.1) is 0 Å². The molecular weight excluding hydrogens is 420 g/mol. The summed E-state index contributed by atoms with van der Waals surface area (Å²) in [5.41, 5.74) is 11.5. The second-order valence-corrected chi connectivity index (χ2v) is 6.98. The first-order valence-electron chi connectivity index (χ1n) is 9.82. The molecule has 9 N–H and O–H groups in total. The van der Waals surface area contributed by atoms with Crippen molar-refractivity contribution in [3.8, 4) is 5.75 Å². The highest BCUT2D eigenvalue weighted by atomic mass is 16.5. The summed E-state index contributed by atoms with van der Waals surface area (Å²) in [5.74, 6) is -2.31. The summed E-state index contributed by atoms with van der Waals surface area (Å²) in [6.07, 6.45) is 1.86. The molecule has 0 heterocycles. The molecule has 12 nitrogen and oxygen atoms in total. The van der Waals surface area contributed by atoms with E-state index in [1.807, 2.05) is 0 Å². The number of carboxylic acids is 1. The quantitative estimate of drug-likeness (QED) is 0.0987. The van der Waals surface area contributed by atoms with E-state index < -0.39 is 42.3 Å². The standard InChI is InChI=1S/C20H29N6O6/c1-32-14-6-4-12(5-7-14)9-16(26-18(30)15(21)10-17(28)29)19(31)25-13(11-27)3-2-8-24-20(22)23/h4-7,13,15-16H,2-3,8-10,21H2,1H3,(H,25,31)(H,26,30)(H,28,29)(H4,22,23,24)/t13-,15-,16-/m0/s1. The molecule has 2 amide bonds. The molecule has 0 bridgehead atoms. The first kappa shape index (κ1) is 26.4. The lowest BCUT2D eigenvalue weighted by molar-refractivity contribution is -0.139. The topological polar surface area (TPSA) is 210 Å². The second-order valence-electron chi connectivity index (χ2n) is 6.98. The number of carboxylic acid groups (broad SMARTS) is 1. The second kappa shape index (κ2) is 13.6. The molecule has 0 saturated heterocycles. The van der Waals surface area contributed by atoms with Gasteiger partial charge in [-0.25, -0.2) is 0 Å². The number of nitrogens with one attached hydrogen (secondary N) is 4. The maximum absolute atomic E-state index is 12.8. The minimum absolute atomic E-state index is 0.0683. The zero-order valence-corrected chi connectivity index (χ0v) is 17.7. The molecule has 0 aliphatic carbocycles. The van der Waals surface area contributed by atoms with Crippen LogP contribution in [0, 0.1) is 5.41 Å². The van der Waals surface area contributed by atoms with Crippen molar-refractivity contribution in [1.82, 2.24) is 16.0 Å². The number of nitrogens with two attached hydrogens (primary N) is 2. The highest BCUT2D eigenvalue weighted by molar-refractivity contribution is 5.92. The number of amides is 2. The summed E-state index contributed by atoms with van der Waals surface area (Å²) in [4.78, 5) is 47.2. The smallest absolute Gasteiger partial charge is 0.305 e. The minimum Gasteiger partial charge on any atom is -0.497 e. The van der Waals surface area contributed by atoms with Crippen molar-refractivity contribution < 1.29 is 29.0 Å². The van der Waals surface area contributed by atoms with Crippen molar-refractivity contribution in [3.05, 3.63) is 29.8 Å². The summed E-state index contributed by atoms with van der Waals surface area (Å²) in [5, 5.41) is 23.5. The molecule has 0 aliphatic heterocycles. The van der Waals surface area contributed by atoms with Crippen LogP contribution in [0.25, 0.3) is 0 Å². The average molecular weight is 449 g/mol. The lowest BCUT2D eigenvalue weighted by Crippen LogP contribution is -2.54. The number of carbonyl (C=O) groups is 3. The Labute approximate surface area is 185 Å². The number of methoxy groups -OCH3 is 1. The average Bonchev–Trinajstić information content (AvgIpc) is 2.74. The van der Waals surface area contributed by atoms with E-state index in [0.717, 1.165) is 0 Å². The Morgan fingerprint density at radius 2 is 1.84 bits per heavy atom. The molecule has 0 aliphatic rings. The number of ether oxygens (including phenoxy) is 1. The van der Waals surface area contributed by atoms with Gasteiger partial charge in [0.05, 0.1) is 25.6 Å². The Morgan fingerprint density at radius 1 is 1.19 bits per heavy atom. The predicted octanol–water partition coefficient (Wildman–Crippen LogP) is -1.62. The first-order valence-corrected chi connectivity index (χ1v) is 9.82. The van der Waals surface area contributed by atoms with Gasteiger partial charge in [0.1, 0.15) is 11.8 Å². The number of benzene rings is 1. The molecule has 0 aromatic heterocycles. The van der Waals surface area contributed by atoms with E-state index >= 15 is 0 Å². The van der Waals surface area contributed by atoms with Crippen molar-refractivity contribution in [2.45, 2.75) is 43.8 Å². The Balaban J connectivity index is 2.87. The van der Waals surface area contributed by atoms with Gasteiger partial charge >= 0.3 is 5.97 Å². The maximum Gasteiger partial charge on any atom is 0.305 e. The van der Waals surface area contributed by atoms with Crippen LogP contribution in [0.2, 0.25) is 0 Å². The van der Waals surface area contributed by atoms with Crippen LogP contribution in [0.4, 0.5) is 0 Å². The van der Waals surface area contributed by atoms with E-state index in [1.54, 1.807) is 30.6 Å². The molecule has 0 unspecified atom stereocenters. The molecule has 1 radical (unpaired) electrons. The monoisotopic (exact) mass is 449 g/mol. The zero-order valence-electron chi connectivity index (χ0n) is 17.7. The Kier molecular flexibility index (Phi) is 11.2. The molecule has 0 saturated carbocycles. The highest BCUT2D eigenvalue weighted by Gasteiger charge is 2.27. The highest BCUT2D eigenvalue weighted by Crippen LogP contribution is 2.13. The molecule has 175 valence electrons. The molecule has 1 aromatic rings. The van der Waals surface area contributed by atoms with Crippen molar-refractivity contribution in [3.63, 3.8) is 0 Å². The largest absolute Gasteiger partial charge is 0.497 e. The number of carbonyl (C=O) groups excluding carboxylic acids is 3. The van der Waals surface area contributed by atoms with E-state index in [0.29, 0.717) is 24.3 Å². The van der Waals surface area contributed by atoms with E-state index in [1.165, 1.54) is 7.11 Å². The Hall–Kier alpha value is -3.67.